The molecule has 1 aromatic heterocycles. The van der Waals surface area contributed by atoms with Crippen LogP contribution in [0.5, 0.6) is 0 Å². The maximum Gasteiger partial charge on any atom is 0.125 e. The van der Waals surface area contributed by atoms with Gasteiger partial charge in [0.05, 0.1) is 0 Å². The van der Waals surface area contributed by atoms with Gasteiger partial charge in [0.2, 0.25) is 0 Å². The van der Waals surface area contributed by atoms with Gasteiger partial charge in [-0.3, -0.25) is 0 Å². The summed E-state index contributed by atoms with van der Waals surface area (Å²) < 4.78 is 0. The van der Waals surface area contributed by atoms with Gasteiger partial charge < -0.3 is 5.32 Å². The molecule has 0 saturated carbocycles. The lowest BCUT2D eigenvalue weighted by molar-refractivity contribution is 0.438. The summed E-state index contributed by atoms with van der Waals surface area (Å²) in [5.74, 6) is 1.45. The molecule has 3 rings (SSSR count). The fraction of sp³-hybridized carbons (Fsp3) is 0.333. The molecule has 0 bridgehead atoms. The van der Waals surface area contributed by atoms with E-state index >= 15 is 0 Å². The fourth-order valence-electron chi connectivity index (χ4n) is 2.26. The molecule has 0 aliphatic carbocycles. The number of nitrogens with zero attached hydrogens (tertiary/aromatic N) is 2. The van der Waals surface area contributed by atoms with Crippen molar-refractivity contribution in [3.05, 3.63) is 59.2 Å². The second kappa shape index (κ2) is 4.86. The largest absolute Gasteiger partial charge is 0.315 e. The Balaban J connectivity index is 1.85. The summed E-state index contributed by atoms with van der Waals surface area (Å²) in [4.78, 5) is 9.08. The molecule has 3 heteroatoms. The quantitative estimate of drug-likeness (QED) is 0.891. The van der Waals surface area contributed by atoms with Crippen molar-refractivity contribution in [2.24, 2.45) is 0 Å². The number of aryl methyl sites for hydroxylation is 1. The first-order chi connectivity index (χ1) is 8.81. The molecule has 1 N–H and O–H groups in total. The van der Waals surface area contributed by atoms with Crippen molar-refractivity contribution < 1.29 is 0 Å². The number of hydrogen-bond acceptors (Lipinski definition) is 3. The van der Waals surface area contributed by atoms with Gasteiger partial charge in [-0.1, -0.05) is 30.3 Å². The molecule has 18 heavy (non-hydrogen) atoms. The Morgan fingerprint density at radius 1 is 1.17 bits per heavy atom. The molecule has 0 unspecified atom stereocenters. The van der Waals surface area contributed by atoms with Crippen molar-refractivity contribution in [3.8, 4) is 0 Å². The summed E-state index contributed by atoms with van der Waals surface area (Å²) in [7, 11) is 0. The van der Waals surface area contributed by atoms with Gasteiger partial charge >= 0.3 is 0 Å². The standard InChI is InChI=1S/C15H17N3/c1-11-17-14(7-12-5-3-2-4-6-12)8-15(18-11)13-9-16-10-13/h2-6,8,13,16H,7,9-10H2,1H3. The van der Waals surface area contributed by atoms with E-state index < -0.39 is 0 Å². The second-order valence-corrected chi connectivity index (χ2v) is 4.85. The number of benzene rings is 1. The van der Waals surface area contributed by atoms with E-state index in [-0.39, 0.29) is 0 Å². The number of rotatable bonds is 3. The molecule has 1 aliphatic rings. The molecule has 2 aromatic rings. The molecule has 0 spiro atoms. The van der Waals surface area contributed by atoms with Crippen LogP contribution in [0.15, 0.2) is 36.4 Å². The molecule has 1 fully saturated rings. The monoisotopic (exact) mass is 239 g/mol. The molecule has 1 aromatic carbocycles. The Bertz CT molecular complexity index is 533. The molecule has 92 valence electrons. The molecule has 0 radical (unpaired) electrons. The predicted octanol–water partition coefficient (Wildman–Crippen LogP) is 2.06. The fourth-order valence-corrected chi connectivity index (χ4v) is 2.26. The van der Waals surface area contributed by atoms with Crippen LogP contribution in [0.1, 0.15) is 28.7 Å². The second-order valence-electron chi connectivity index (χ2n) is 4.85. The van der Waals surface area contributed by atoms with Crippen LogP contribution in [-0.4, -0.2) is 23.1 Å². The van der Waals surface area contributed by atoms with E-state index in [9.17, 15) is 0 Å². The SMILES string of the molecule is Cc1nc(Cc2ccccc2)cc(C2CNC2)n1. The summed E-state index contributed by atoms with van der Waals surface area (Å²) >= 11 is 0. The normalized spacial score (nSPS) is 15.4. The van der Waals surface area contributed by atoms with Crippen molar-refractivity contribution >= 4 is 0 Å². The van der Waals surface area contributed by atoms with Crippen LogP contribution in [0.25, 0.3) is 0 Å². The Kier molecular flexibility index (Phi) is 3.07. The van der Waals surface area contributed by atoms with Gasteiger partial charge in [0, 0.05) is 36.8 Å². The molecule has 3 nitrogen and oxygen atoms in total. The van der Waals surface area contributed by atoms with Crippen LogP contribution in [0.4, 0.5) is 0 Å². The third-order valence-corrected chi connectivity index (χ3v) is 3.34. The summed E-state index contributed by atoms with van der Waals surface area (Å²) in [6.07, 6.45) is 0.886. The Morgan fingerprint density at radius 2 is 1.94 bits per heavy atom. The smallest absolute Gasteiger partial charge is 0.125 e. The summed E-state index contributed by atoms with van der Waals surface area (Å²) in [6.45, 7) is 4.06. The number of hydrogen-bond donors (Lipinski definition) is 1. The Hall–Kier alpha value is -1.74. The average molecular weight is 239 g/mol. The van der Waals surface area contributed by atoms with E-state index in [1.807, 2.05) is 13.0 Å². The first kappa shape index (κ1) is 11.4. The molecule has 1 aliphatic heterocycles. The van der Waals surface area contributed by atoms with Crippen LogP contribution in [0, 0.1) is 6.92 Å². The van der Waals surface area contributed by atoms with E-state index in [0.29, 0.717) is 5.92 Å². The zero-order chi connectivity index (χ0) is 12.4. The lowest BCUT2D eigenvalue weighted by Crippen LogP contribution is -2.40. The zero-order valence-electron chi connectivity index (χ0n) is 10.6. The first-order valence-electron chi connectivity index (χ1n) is 6.40. The number of aromatic nitrogens is 2. The predicted molar refractivity (Wildman–Crippen MR) is 71.6 cm³/mol. The highest BCUT2D eigenvalue weighted by atomic mass is 15.0. The minimum absolute atomic E-state index is 0.571. The summed E-state index contributed by atoms with van der Waals surface area (Å²) in [6, 6.07) is 12.6. The molecule has 1 saturated heterocycles. The molecular formula is C15H17N3. The molecule has 0 amide bonds. The van der Waals surface area contributed by atoms with E-state index in [2.05, 4.69) is 45.6 Å². The van der Waals surface area contributed by atoms with Crippen molar-refractivity contribution in [2.45, 2.75) is 19.3 Å². The van der Waals surface area contributed by atoms with E-state index in [1.54, 1.807) is 0 Å². The lowest BCUT2D eigenvalue weighted by Gasteiger charge is -2.26. The minimum atomic E-state index is 0.571. The molecule has 2 heterocycles. The first-order valence-corrected chi connectivity index (χ1v) is 6.40. The highest BCUT2D eigenvalue weighted by Crippen LogP contribution is 2.19. The van der Waals surface area contributed by atoms with Crippen molar-refractivity contribution in [1.29, 1.82) is 0 Å². The van der Waals surface area contributed by atoms with E-state index in [4.69, 9.17) is 0 Å². The van der Waals surface area contributed by atoms with Crippen LogP contribution in [0.2, 0.25) is 0 Å². The van der Waals surface area contributed by atoms with Gasteiger partial charge in [-0.2, -0.15) is 0 Å². The van der Waals surface area contributed by atoms with Crippen LogP contribution >= 0.6 is 0 Å². The van der Waals surface area contributed by atoms with E-state index in [0.717, 1.165) is 31.0 Å². The van der Waals surface area contributed by atoms with Crippen LogP contribution < -0.4 is 5.32 Å². The van der Waals surface area contributed by atoms with Crippen molar-refractivity contribution in [2.75, 3.05) is 13.1 Å². The van der Waals surface area contributed by atoms with Crippen LogP contribution in [0.3, 0.4) is 0 Å². The van der Waals surface area contributed by atoms with E-state index in [1.165, 1.54) is 11.3 Å². The minimum Gasteiger partial charge on any atom is -0.315 e. The van der Waals surface area contributed by atoms with Gasteiger partial charge in [-0.25, -0.2) is 9.97 Å². The summed E-state index contributed by atoms with van der Waals surface area (Å²) in [5, 5.41) is 3.29. The van der Waals surface area contributed by atoms with Gasteiger partial charge in [0.25, 0.3) is 0 Å². The van der Waals surface area contributed by atoms with Gasteiger partial charge in [0.15, 0.2) is 0 Å². The Labute approximate surface area is 107 Å². The molecule has 0 atom stereocenters. The Morgan fingerprint density at radius 3 is 2.61 bits per heavy atom. The van der Waals surface area contributed by atoms with Crippen molar-refractivity contribution in [1.82, 2.24) is 15.3 Å². The topological polar surface area (TPSA) is 37.8 Å². The van der Waals surface area contributed by atoms with Gasteiger partial charge in [0.1, 0.15) is 5.82 Å². The average Bonchev–Trinajstić information content (AvgIpc) is 2.27. The lowest BCUT2D eigenvalue weighted by atomic mass is 9.97. The zero-order valence-corrected chi connectivity index (χ0v) is 10.6. The van der Waals surface area contributed by atoms with Crippen LogP contribution in [-0.2, 0) is 6.42 Å². The van der Waals surface area contributed by atoms with Gasteiger partial charge in [-0.15, -0.1) is 0 Å². The van der Waals surface area contributed by atoms with Crippen molar-refractivity contribution in [3.63, 3.8) is 0 Å². The number of nitrogens with one attached hydrogen (secondary N) is 1. The third-order valence-electron chi connectivity index (χ3n) is 3.34. The van der Waals surface area contributed by atoms with Gasteiger partial charge in [-0.05, 0) is 18.6 Å². The summed E-state index contributed by atoms with van der Waals surface area (Å²) in [5.41, 5.74) is 3.61. The third kappa shape index (κ3) is 2.41. The maximum absolute atomic E-state index is 4.55. The molecular weight excluding hydrogens is 222 g/mol. The highest BCUT2D eigenvalue weighted by molar-refractivity contribution is 5.25. The highest BCUT2D eigenvalue weighted by Gasteiger charge is 2.21. The maximum atomic E-state index is 4.55.